The molecule has 45 heavy (non-hydrogen) atoms. The molecule has 5 fully saturated rings. The number of benzene rings is 2. The van der Waals surface area contributed by atoms with Crippen LogP contribution >= 0.6 is 0 Å². The predicted octanol–water partition coefficient (Wildman–Crippen LogP) is 5.40. The van der Waals surface area contributed by atoms with E-state index in [1.54, 1.807) is 12.3 Å². The number of fused-ring (bicyclic) bond motifs is 7. The lowest BCUT2D eigenvalue weighted by atomic mass is 9.90. The fraction of sp³-hybridized carbons (Fsp3) is 0.472. The fourth-order valence-electron chi connectivity index (χ4n) is 9.47. The number of ether oxygens (including phenoxy) is 1. The number of piperazine rings is 1. The van der Waals surface area contributed by atoms with E-state index in [1.165, 1.54) is 31.7 Å². The molecule has 5 aliphatic rings. The maximum absolute atomic E-state index is 16.9. The highest BCUT2D eigenvalue weighted by atomic mass is 19.1. The van der Waals surface area contributed by atoms with Gasteiger partial charge in [0.25, 0.3) is 0 Å². The van der Waals surface area contributed by atoms with Crippen molar-refractivity contribution in [3.05, 3.63) is 47.9 Å². The molecule has 9 rings (SSSR count). The molecule has 4 aromatic rings. The lowest BCUT2D eigenvalue weighted by Gasteiger charge is -2.35. The van der Waals surface area contributed by atoms with Crippen molar-refractivity contribution in [1.82, 2.24) is 25.2 Å². The number of nitrogens with one attached hydrogen (secondary N) is 1. The van der Waals surface area contributed by atoms with Gasteiger partial charge in [0.05, 0.1) is 10.9 Å². The Morgan fingerprint density at radius 2 is 1.98 bits per heavy atom. The van der Waals surface area contributed by atoms with E-state index in [1.807, 2.05) is 18.2 Å². The first kappa shape index (κ1) is 27.3. The number of hydrogen-bond donors (Lipinski definition) is 2. The summed E-state index contributed by atoms with van der Waals surface area (Å²) in [5.41, 5.74) is 1.31. The molecule has 2 aromatic heterocycles. The molecule has 1 saturated carbocycles. The van der Waals surface area contributed by atoms with Crippen LogP contribution in [0.3, 0.4) is 0 Å². The molecule has 2 aromatic carbocycles. The van der Waals surface area contributed by atoms with Crippen LogP contribution in [0.15, 0.2) is 36.5 Å². The first-order valence-corrected chi connectivity index (χ1v) is 16.5. The molecule has 0 spiro atoms. The van der Waals surface area contributed by atoms with Crippen molar-refractivity contribution in [2.45, 2.75) is 75.0 Å². The molecule has 6 heterocycles. The third-order valence-electron chi connectivity index (χ3n) is 11.3. The smallest absolute Gasteiger partial charge is 0.319 e. The Kier molecular flexibility index (Phi) is 6.23. The van der Waals surface area contributed by atoms with Crippen LogP contribution < -0.4 is 15.0 Å². The van der Waals surface area contributed by atoms with Gasteiger partial charge in [-0.3, -0.25) is 9.88 Å². The quantitative estimate of drug-likeness (QED) is 0.293. The van der Waals surface area contributed by atoms with Gasteiger partial charge in [0.1, 0.15) is 29.4 Å². The molecular formula is C36H37FN6O2. The molecule has 5 atom stereocenters. The van der Waals surface area contributed by atoms with Crippen molar-refractivity contribution >= 4 is 27.5 Å². The van der Waals surface area contributed by atoms with E-state index >= 15 is 4.39 Å². The monoisotopic (exact) mass is 604 g/mol. The van der Waals surface area contributed by atoms with Crippen LogP contribution in [0.1, 0.15) is 56.9 Å². The minimum atomic E-state index is -0.575. The lowest BCUT2D eigenvalue weighted by Crippen LogP contribution is -2.51. The molecule has 2 bridgehead atoms. The van der Waals surface area contributed by atoms with E-state index in [4.69, 9.17) is 21.1 Å². The van der Waals surface area contributed by atoms with Gasteiger partial charge < -0.3 is 20.1 Å². The summed E-state index contributed by atoms with van der Waals surface area (Å²) in [5.74, 6) is 3.56. The predicted molar refractivity (Wildman–Crippen MR) is 172 cm³/mol. The summed E-state index contributed by atoms with van der Waals surface area (Å²) in [6.45, 7) is 3.21. The second-order valence-electron chi connectivity index (χ2n) is 13.9. The average molecular weight is 605 g/mol. The minimum absolute atomic E-state index is 0.0104. The highest BCUT2D eigenvalue weighted by molar-refractivity contribution is 6.02. The Morgan fingerprint density at radius 3 is 2.82 bits per heavy atom. The molecular weight excluding hydrogens is 567 g/mol. The van der Waals surface area contributed by atoms with Crippen molar-refractivity contribution in [3.8, 4) is 35.4 Å². The topological polar surface area (TPSA) is 86.6 Å². The number of halogens is 1. The summed E-state index contributed by atoms with van der Waals surface area (Å²) in [6, 6.07) is 10.3. The number of aromatic hydroxyl groups is 1. The molecule has 8 nitrogen and oxygen atoms in total. The second-order valence-corrected chi connectivity index (χ2v) is 13.9. The van der Waals surface area contributed by atoms with Gasteiger partial charge in [0.15, 0.2) is 5.82 Å². The lowest BCUT2D eigenvalue weighted by molar-refractivity contribution is 0.0832. The van der Waals surface area contributed by atoms with Gasteiger partial charge in [-0.2, -0.15) is 9.97 Å². The molecule has 230 valence electrons. The van der Waals surface area contributed by atoms with E-state index in [-0.39, 0.29) is 28.5 Å². The number of aromatic nitrogens is 3. The highest BCUT2D eigenvalue weighted by Crippen LogP contribution is 2.51. The second kappa shape index (κ2) is 10.3. The van der Waals surface area contributed by atoms with Gasteiger partial charge in [-0.05, 0) is 81.0 Å². The number of pyridine rings is 1. The third kappa shape index (κ3) is 4.29. The largest absolute Gasteiger partial charge is 0.508 e. The van der Waals surface area contributed by atoms with Gasteiger partial charge >= 0.3 is 6.01 Å². The number of terminal acetylenes is 1. The van der Waals surface area contributed by atoms with Crippen LogP contribution in [0.4, 0.5) is 10.2 Å². The van der Waals surface area contributed by atoms with E-state index in [0.29, 0.717) is 57.8 Å². The maximum atomic E-state index is 16.9. The van der Waals surface area contributed by atoms with E-state index in [0.717, 1.165) is 51.2 Å². The van der Waals surface area contributed by atoms with Crippen LogP contribution in [-0.2, 0) is 0 Å². The number of nitrogens with zero attached hydrogens (tertiary/aromatic N) is 5. The number of rotatable bonds is 5. The molecule has 0 amide bonds. The Labute approximate surface area is 262 Å². The highest BCUT2D eigenvalue weighted by Gasteiger charge is 2.55. The molecule has 4 aliphatic heterocycles. The minimum Gasteiger partial charge on any atom is -0.508 e. The average Bonchev–Trinajstić information content (AvgIpc) is 3.81. The standard InChI is InChI=1S/C36H37FN6O2/c1-2-21-6-3-7-22-14-26(44)15-27(30(21)22)32-31(37)33-28(17-38-32)34(42-18-24-10-11-25(19-42)39-24)41-35(40-33)45-20-36-12-5-13-43(36)29-9-4-8-23(29)16-36/h1,3,6-7,14-15,17,23-25,29,39,44H,4-5,8-13,16,18-20H2/t23-,24?,25?,29-,36?/m0/s1. The van der Waals surface area contributed by atoms with Crippen LogP contribution in [0, 0.1) is 24.1 Å². The van der Waals surface area contributed by atoms with Crippen LogP contribution in [0.5, 0.6) is 11.8 Å². The molecule has 2 N–H and O–H groups in total. The van der Waals surface area contributed by atoms with Gasteiger partial charge in [0.2, 0.25) is 0 Å². The zero-order valence-electron chi connectivity index (χ0n) is 25.3. The molecule has 9 heteroatoms. The molecule has 3 unspecified atom stereocenters. The van der Waals surface area contributed by atoms with Gasteiger partial charge in [-0.25, -0.2) is 4.39 Å². The first-order valence-electron chi connectivity index (χ1n) is 16.5. The van der Waals surface area contributed by atoms with Crippen molar-refractivity contribution in [2.24, 2.45) is 5.92 Å². The maximum Gasteiger partial charge on any atom is 0.319 e. The Hall–Kier alpha value is -4.00. The van der Waals surface area contributed by atoms with Gasteiger partial charge in [0, 0.05) is 53.9 Å². The number of phenolic OH excluding ortho intramolecular Hbond substituents is 1. The SMILES string of the molecule is C#Cc1cccc2cc(O)cc(-c3ncc4c(N5CC6CCC(C5)N6)nc(OCC56CCCN5[C@H]5CCC[C@H]5C6)nc4c3F)c12. The summed E-state index contributed by atoms with van der Waals surface area (Å²) >= 11 is 0. The van der Waals surface area contributed by atoms with Crippen LogP contribution in [0.2, 0.25) is 0 Å². The fourth-order valence-corrected chi connectivity index (χ4v) is 9.47. The molecule has 4 saturated heterocycles. The summed E-state index contributed by atoms with van der Waals surface area (Å²) in [6.07, 6.45) is 17.1. The van der Waals surface area contributed by atoms with Crippen molar-refractivity contribution in [1.29, 1.82) is 0 Å². The normalized spacial score (nSPS) is 28.9. The Balaban J connectivity index is 1.16. The summed E-state index contributed by atoms with van der Waals surface area (Å²) in [4.78, 5) is 19.3. The Bertz CT molecular complexity index is 1880. The van der Waals surface area contributed by atoms with E-state index in [2.05, 4.69) is 26.0 Å². The van der Waals surface area contributed by atoms with Gasteiger partial charge in [-0.15, -0.1) is 6.42 Å². The van der Waals surface area contributed by atoms with Crippen LogP contribution in [0.25, 0.3) is 32.9 Å². The third-order valence-corrected chi connectivity index (χ3v) is 11.3. The van der Waals surface area contributed by atoms with Crippen molar-refractivity contribution in [3.63, 3.8) is 0 Å². The molecule has 1 aliphatic carbocycles. The number of hydrogen-bond acceptors (Lipinski definition) is 8. The van der Waals surface area contributed by atoms with Crippen LogP contribution in [-0.4, -0.2) is 74.9 Å². The zero-order chi connectivity index (χ0) is 30.3. The van der Waals surface area contributed by atoms with E-state index < -0.39 is 5.82 Å². The first-order chi connectivity index (χ1) is 22.0. The summed E-state index contributed by atoms with van der Waals surface area (Å²) < 4.78 is 23.4. The van der Waals surface area contributed by atoms with Crippen molar-refractivity contribution < 1.29 is 14.2 Å². The van der Waals surface area contributed by atoms with Crippen molar-refractivity contribution in [2.75, 3.05) is 31.1 Å². The summed E-state index contributed by atoms with van der Waals surface area (Å²) in [5, 5.41) is 16.2. The number of anilines is 1. The summed E-state index contributed by atoms with van der Waals surface area (Å²) in [7, 11) is 0. The Morgan fingerprint density at radius 1 is 1.11 bits per heavy atom. The number of phenols is 1. The van der Waals surface area contributed by atoms with E-state index in [9.17, 15) is 5.11 Å². The zero-order valence-corrected chi connectivity index (χ0v) is 25.3. The molecule has 0 radical (unpaired) electrons. The van der Waals surface area contributed by atoms with Gasteiger partial charge in [-0.1, -0.05) is 24.5 Å².